The number of aryl methyl sites for hydroxylation is 1. The molecular formula is C20H23ClN4O8. The van der Waals surface area contributed by atoms with E-state index in [0.717, 1.165) is 6.07 Å². The van der Waals surface area contributed by atoms with Gasteiger partial charge in [0.15, 0.2) is 6.10 Å². The van der Waals surface area contributed by atoms with Crippen LogP contribution in [0.25, 0.3) is 0 Å². The van der Waals surface area contributed by atoms with Gasteiger partial charge >= 0.3 is 5.69 Å². The highest BCUT2D eigenvalue weighted by Crippen LogP contribution is 2.30. The number of aromatic nitrogens is 2. The smallest absolute Gasteiger partial charge is 0.330 e. The topological polar surface area (TPSA) is 166 Å². The van der Waals surface area contributed by atoms with Crippen molar-refractivity contribution in [2.24, 2.45) is 0 Å². The van der Waals surface area contributed by atoms with E-state index >= 15 is 0 Å². The number of nitrogens with one attached hydrogen (secondary N) is 2. The van der Waals surface area contributed by atoms with E-state index in [-0.39, 0.29) is 29.4 Å². The number of ether oxygens (including phenoxy) is 2. The van der Waals surface area contributed by atoms with E-state index in [1.165, 1.54) is 29.8 Å². The van der Waals surface area contributed by atoms with Crippen molar-refractivity contribution in [1.29, 1.82) is 0 Å². The molecule has 2 aromatic rings. The first-order valence-electron chi connectivity index (χ1n) is 10.2. The van der Waals surface area contributed by atoms with Gasteiger partial charge in [-0.25, -0.2) is 4.79 Å². The van der Waals surface area contributed by atoms with E-state index < -0.39 is 46.6 Å². The molecule has 0 saturated carbocycles. The van der Waals surface area contributed by atoms with Gasteiger partial charge in [0.25, 0.3) is 17.2 Å². The van der Waals surface area contributed by atoms with Crippen LogP contribution in [0.1, 0.15) is 32.1 Å². The summed E-state index contributed by atoms with van der Waals surface area (Å²) in [6.45, 7) is 3.18. The van der Waals surface area contributed by atoms with E-state index in [2.05, 4.69) is 10.3 Å². The number of carbonyl (C=O) groups is 1. The maximum Gasteiger partial charge on any atom is 0.330 e. The lowest BCUT2D eigenvalue weighted by atomic mass is 10.1. The molecule has 33 heavy (non-hydrogen) atoms. The molecule has 0 aliphatic carbocycles. The molecule has 0 bridgehead atoms. The Balaban J connectivity index is 1.59. The van der Waals surface area contributed by atoms with Crippen LogP contribution in [0.4, 0.5) is 5.69 Å². The molecule has 1 unspecified atom stereocenters. The number of nitro groups is 1. The Morgan fingerprint density at radius 1 is 1.48 bits per heavy atom. The Labute approximate surface area is 192 Å². The average Bonchev–Trinajstić information content (AvgIpc) is 3.13. The van der Waals surface area contributed by atoms with Gasteiger partial charge in [-0.1, -0.05) is 18.5 Å². The van der Waals surface area contributed by atoms with Crippen molar-refractivity contribution in [2.75, 3.05) is 6.54 Å². The fourth-order valence-corrected chi connectivity index (χ4v) is 3.57. The van der Waals surface area contributed by atoms with Gasteiger partial charge in [-0.3, -0.25) is 29.3 Å². The Morgan fingerprint density at radius 3 is 2.85 bits per heavy atom. The molecule has 178 valence electrons. The van der Waals surface area contributed by atoms with E-state index in [9.17, 15) is 29.6 Å². The molecule has 0 spiro atoms. The van der Waals surface area contributed by atoms with Crippen molar-refractivity contribution < 1.29 is 24.3 Å². The number of halogens is 1. The first kappa shape index (κ1) is 24.4. The van der Waals surface area contributed by atoms with Crippen LogP contribution in [-0.4, -0.2) is 50.3 Å². The van der Waals surface area contributed by atoms with Crippen molar-refractivity contribution >= 4 is 23.2 Å². The molecule has 1 amide bonds. The van der Waals surface area contributed by atoms with E-state index in [1.54, 1.807) is 6.92 Å². The maximum atomic E-state index is 12.4. The van der Waals surface area contributed by atoms with Crippen LogP contribution < -0.4 is 21.3 Å². The predicted octanol–water partition coefficient (Wildman–Crippen LogP) is 0.893. The van der Waals surface area contributed by atoms with E-state index in [1.807, 2.05) is 0 Å². The molecule has 1 aromatic heterocycles. The highest BCUT2D eigenvalue weighted by Gasteiger charge is 2.36. The number of rotatable bonds is 8. The lowest BCUT2D eigenvalue weighted by Gasteiger charge is -2.19. The van der Waals surface area contributed by atoms with Crippen LogP contribution in [0.15, 0.2) is 34.0 Å². The molecule has 2 heterocycles. The molecule has 1 fully saturated rings. The number of nitro benzene ring substituents is 1. The number of aliphatic hydroxyl groups excluding tert-OH is 1. The second-order valence-electron chi connectivity index (χ2n) is 7.48. The van der Waals surface area contributed by atoms with Crippen LogP contribution in [0.3, 0.4) is 0 Å². The van der Waals surface area contributed by atoms with Crippen molar-refractivity contribution in [2.45, 2.75) is 51.2 Å². The van der Waals surface area contributed by atoms with Crippen molar-refractivity contribution in [3.63, 3.8) is 0 Å². The number of amides is 1. The third-order valence-corrected chi connectivity index (χ3v) is 5.51. The molecule has 1 saturated heterocycles. The SMILES string of the molecule is CCc1cn([C@@H]2CC(O)[C@H](CNC(=O)[C@H](C)Oc3ccc([N+](=O)[O-])cc3Cl)O2)c(=O)[nH]c1=O. The summed E-state index contributed by atoms with van der Waals surface area (Å²) in [5.41, 5.74) is -0.927. The molecule has 3 rings (SSSR count). The van der Waals surface area contributed by atoms with Gasteiger partial charge in [0.2, 0.25) is 0 Å². The normalized spacial score (nSPS) is 20.9. The molecule has 13 heteroatoms. The minimum absolute atomic E-state index is 0.0148. The first-order valence-corrected chi connectivity index (χ1v) is 10.5. The number of benzene rings is 1. The number of nitrogens with zero attached hydrogens (tertiary/aromatic N) is 2. The highest BCUT2D eigenvalue weighted by molar-refractivity contribution is 6.32. The number of hydrogen-bond acceptors (Lipinski definition) is 8. The Hall–Kier alpha value is -3.22. The van der Waals surface area contributed by atoms with Crippen LogP contribution in [0.2, 0.25) is 5.02 Å². The van der Waals surface area contributed by atoms with E-state index in [0.29, 0.717) is 12.0 Å². The van der Waals surface area contributed by atoms with E-state index in [4.69, 9.17) is 21.1 Å². The monoisotopic (exact) mass is 482 g/mol. The molecule has 12 nitrogen and oxygen atoms in total. The van der Waals surface area contributed by atoms with Crippen LogP contribution in [-0.2, 0) is 16.0 Å². The van der Waals surface area contributed by atoms with Gasteiger partial charge in [-0.2, -0.15) is 0 Å². The highest BCUT2D eigenvalue weighted by atomic mass is 35.5. The van der Waals surface area contributed by atoms with Crippen molar-refractivity contribution in [3.8, 4) is 5.75 Å². The lowest BCUT2D eigenvalue weighted by molar-refractivity contribution is -0.384. The summed E-state index contributed by atoms with van der Waals surface area (Å²) in [6.07, 6.45) is -1.63. The van der Waals surface area contributed by atoms with Gasteiger partial charge in [-0.15, -0.1) is 0 Å². The number of aromatic amines is 1. The fourth-order valence-electron chi connectivity index (χ4n) is 3.35. The molecule has 0 radical (unpaired) electrons. The minimum atomic E-state index is -0.993. The Kier molecular flexibility index (Phi) is 7.51. The second-order valence-corrected chi connectivity index (χ2v) is 7.89. The zero-order valence-corrected chi connectivity index (χ0v) is 18.6. The molecule has 4 atom stereocenters. The predicted molar refractivity (Wildman–Crippen MR) is 116 cm³/mol. The number of aliphatic hydroxyl groups is 1. The third kappa shape index (κ3) is 5.59. The molecule has 3 N–H and O–H groups in total. The van der Waals surface area contributed by atoms with Crippen molar-refractivity contribution in [1.82, 2.24) is 14.9 Å². The number of hydrogen-bond donors (Lipinski definition) is 3. The standard InChI is InChI=1S/C20H23ClN4O8/c1-3-11-9-24(20(29)23-19(11)28)17-7-14(26)16(33-17)8-22-18(27)10(2)32-15-5-4-12(25(30)31)6-13(15)21/h4-6,9-10,14,16-17,26H,3,7-8H2,1-2H3,(H,22,27)(H,23,28,29)/t10-,14?,16-,17-/m0/s1. The van der Waals surface area contributed by atoms with Gasteiger partial charge in [0, 0.05) is 36.9 Å². The fraction of sp³-hybridized carbons (Fsp3) is 0.450. The Bertz CT molecular complexity index is 1160. The zero-order chi connectivity index (χ0) is 24.3. The summed E-state index contributed by atoms with van der Waals surface area (Å²) in [7, 11) is 0. The quantitative estimate of drug-likeness (QED) is 0.368. The number of non-ortho nitro benzene ring substituents is 1. The molecule has 1 aliphatic rings. The average molecular weight is 483 g/mol. The zero-order valence-electron chi connectivity index (χ0n) is 17.8. The number of carbonyl (C=O) groups excluding carboxylic acids is 1. The minimum Gasteiger partial charge on any atom is -0.479 e. The van der Waals surface area contributed by atoms with Crippen molar-refractivity contribution in [3.05, 3.63) is 65.9 Å². The van der Waals surface area contributed by atoms with Crippen LogP contribution in [0, 0.1) is 10.1 Å². The largest absolute Gasteiger partial charge is 0.479 e. The summed E-state index contributed by atoms with van der Waals surface area (Å²) < 4.78 is 12.4. The van der Waals surface area contributed by atoms with Gasteiger partial charge in [0.05, 0.1) is 16.0 Å². The summed E-state index contributed by atoms with van der Waals surface area (Å²) in [6, 6.07) is 3.62. The second kappa shape index (κ2) is 10.1. The summed E-state index contributed by atoms with van der Waals surface area (Å²) in [4.78, 5) is 48.7. The molecular weight excluding hydrogens is 460 g/mol. The van der Waals surface area contributed by atoms with Gasteiger partial charge in [-0.05, 0) is 19.4 Å². The summed E-state index contributed by atoms with van der Waals surface area (Å²) >= 11 is 5.98. The third-order valence-electron chi connectivity index (χ3n) is 5.21. The maximum absolute atomic E-state index is 12.4. The van der Waals surface area contributed by atoms with Crippen LogP contribution in [0.5, 0.6) is 5.75 Å². The Morgan fingerprint density at radius 2 is 2.21 bits per heavy atom. The number of H-pyrrole nitrogens is 1. The molecule has 1 aliphatic heterocycles. The van der Waals surface area contributed by atoms with Gasteiger partial charge in [0.1, 0.15) is 18.1 Å². The summed E-state index contributed by atoms with van der Waals surface area (Å²) in [5.74, 6) is -0.426. The molecule has 1 aromatic carbocycles. The first-order chi connectivity index (χ1) is 15.6. The lowest BCUT2D eigenvalue weighted by Crippen LogP contribution is -2.42. The summed E-state index contributed by atoms with van der Waals surface area (Å²) in [5, 5.41) is 23.7. The van der Waals surface area contributed by atoms with Crippen LogP contribution >= 0.6 is 11.6 Å². The van der Waals surface area contributed by atoms with Gasteiger partial charge < -0.3 is 19.9 Å².